The third-order valence-electron chi connectivity index (χ3n) is 2.80. The van der Waals surface area contributed by atoms with Crippen LogP contribution in [0, 0.1) is 0 Å². The second-order valence-electron chi connectivity index (χ2n) is 4.87. The van der Waals surface area contributed by atoms with Crippen molar-refractivity contribution in [2.45, 2.75) is 26.3 Å². The number of nitrogens with one attached hydrogen (secondary N) is 1. The van der Waals surface area contributed by atoms with Crippen LogP contribution >= 0.6 is 11.3 Å². The van der Waals surface area contributed by atoms with Crippen LogP contribution in [0.25, 0.3) is 0 Å². The van der Waals surface area contributed by atoms with Gasteiger partial charge >= 0.3 is 0 Å². The highest BCUT2D eigenvalue weighted by atomic mass is 32.1. The molecule has 0 amide bonds. The molecule has 0 fully saturated rings. The number of aryl methyl sites for hydroxylation is 1. The number of likely N-dealkylation sites (N-methyl/N-ethyl adjacent to an activating group) is 2. The van der Waals surface area contributed by atoms with E-state index in [9.17, 15) is 0 Å². The smallest absolute Gasteiger partial charge is 0.185 e. The molecule has 0 aromatic carbocycles. The van der Waals surface area contributed by atoms with Gasteiger partial charge in [-0.1, -0.05) is 13.3 Å². The summed E-state index contributed by atoms with van der Waals surface area (Å²) in [5.41, 5.74) is 1.27. The Morgan fingerprint density at radius 1 is 1.22 bits per heavy atom. The summed E-state index contributed by atoms with van der Waals surface area (Å²) < 4.78 is 0. The number of hydrogen-bond donors (Lipinski definition) is 1. The first kappa shape index (κ1) is 15.4. The summed E-state index contributed by atoms with van der Waals surface area (Å²) >= 11 is 1.82. The van der Waals surface area contributed by atoms with Crippen LogP contribution in [0.15, 0.2) is 0 Å². The van der Waals surface area contributed by atoms with Gasteiger partial charge in [0.25, 0.3) is 0 Å². The fraction of sp³-hybridized carbons (Fsp3) is 0.769. The van der Waals surface area contributed by atoms with Gasteiger partial charge in [0.15, 0.2) is 5.13 Å². The van der Waals surface area contributed by atoms with E-state index < -0.39 is 0 Å². The van der Waals surface area contributed by atoms with Gasteiger partial charge in [0, 0.05) is 31.6 Å². The molecule has 0 aliphatic carbocycles. The molecule has 5 heteroatoms. The molecule has 1 heterocycles. The molecule has 4 nitrogen and oxygen atoms in total. The molecular formula is C13H26N4S. The molecule has 1 rings (SSSR count). The molecule has 1 N–H and O–H groups in total. The monoisotopic (exact) mass is 270 g/mol. The second kappa shape index (κ2) is 7.71. The zero-order valence-corrected chi connectivity index (χ0v) is 13.1. The van der Waals surface area contributed by atoms with Crippen LogP contribution in [0.4, 0.5) is 5.13 Å². The highest BCUT2D eigenvalue weighted by molar-refractivity contribution is 7.15. The van der Waals surface area contributed by atoms with Crippen molar-refractivity contribution in [3.8, 4) is 0 Å². The lowest BCUT2D eigenvalue weighted by Gasteiger charge is -2.18. The fourth-order valence-electron chi connectivity index (χ4n) is 1.71. The second-order valence-corrected chi connectivity index (χ2v) is 5.93. The Bertz CT molecular complexity index is 325. The first-order chi connectivity index (χ1) is 8.58. The van der Waals surface area contributed by atoms with Gasteiger partial charge in [-0.2, -0.15) is 0 Å². The first-order valence-corrected chi connectivity index (χ1v) is 7.39. The summed E-state index contributed by atoms with van der Waals surface area (Å²) in [5.74, 6) is 0. The van der Waals surface area contributed by atoms with E-state index in [1.165, 1.54) is 10.6 Å². The number of thiazole rings is 1. The maximum absolute atomic E-state index is 4.78. The van der Waals surface area contributed by atoms with Gasteiger partial charge in [-0.3, -0.25) is 0 Å². The molecular weight excluding hydrogens is 244 g/mol. The minimum Gasteiger partial charge on any atom is -0.350 e. The van der Waals surface area contributed by atoms with Crippen LogP contribution in [0.2, 0.25) is 0 Å². The zero-order valence-electron chi connectivity index (χ0n) is 12.3. The normalized spacial score (nSPS) is 11.2. The number of rotatable bonds is 8. The lowest BCUT2D eigenvalue weighted by atomic mass is 10.2. The zero-order chi connectivity index (χ0) is 13.5. The minimum atomic E-state index is 0.925. The Balaban J connectivity index is 2.72. The van der Waals surface area contributed by atoms with Gasteiger partial charge < -0.3 is 15.1 Å². The van der Waals surface area contributed by atoms with Crippen LogP contribution in [-0.2, 0) is 13.0 Å². The Labute approximate surface area is 115 Å². The maximum Gasteiger partial charge on any atom is 0.185 e. The molecule has 0 aliphatic heterocycles. The van der Waals surface area contributed by atoms with E-state index in [4.69, 9.17) is 4.98 Å². The molecule has 104 valence electrons. The number of nitrogens with zero attached hydrogens (tertiary/aromatic N) is 3. The molecule has 0 unspecified atom stereocenters. The van der Waals surface area contributed by atoms with Crippen LogP contribution in [0.1, 0.15) is 23.9 Å². The van der Waals surface area contributed by atoms with E-state index in [0.29, 0.717) is 0 Å². The summed E-state index contributed by atoms with van der Waals surface area (Å²) in [4.78, 5) is 10.6. The Hall–Kier alpha value is -0.650. The molecule has 0 spiro atoms. The Morgan fingerprint density at radius 3 is 2.50 bits per heavy atom. The van der Waals surface area contributed by atoms with Crippen molar-refractivity contribution in [2.24, 2.45) is 0 Å². The van der Waals surface area contributed by atoms with E-state index in [2.05, 4.69) is 43.2 Å². The van der Waals surface area contributed by atoms with Crippen molar-refractivity contribution in [2.75, 3.05) is 46.2 Å². The molecule has 0 aliphatic rings. The Morgan fingerprint density at radius 2 is 1.94 bits per heavy atom. The van der Waals surface area contributed by atoms with Crippen molar-refractivity contribution in [3.05, 3.63) is 10.6 Å². The van der Waals surface area contributed by atoms with Crippen molar-refractivity contribution < 1.29 is 0 Å². The van der Waals surface area contributed by atoms with Crippen molar-refractivity contribution in [1.82, 2.24) is 15.2 Å². The molecule has 0 bridgehead atoms. The highest BCUT2D eigenvalue weighted by Crippen LogP contribution is 2.26. The topological polar surface area (TPSA) is 31.4 Å². The molecule has 0 saturated heterocycles. The third kappa shape index (κ3) is 4.55. The minimum absolute atomic E-state index is 0.925. The third-order valence-corrected chi connectivity index (χ3v) is 4.01. The van der Waals surface area contributed by atoms with Crippen molar-refractivity contribution in [1.29, 1.82) is 0 Å². The summed E-state index contributed by atoms with van der Waals surface area (Å²) in [5, 5.41) is 4.37. The number of aromatic nitrogens is 1. The summed E-state index contributed by atoms with van der Waals surface area (Å²) in [6.07, 6.45) is 2.23. The van der Waals surface area contributed by atoms with E-state index in [1.54, 1.807) is 0 Å². The van der Waals surface area contributed by atoms with Crippen molar-refractivity contribution >= 4 is 16.5 Å². The average Bonchev–Trinajstić information content (AvgIpc) is 2.71. The molecule has 18 heavy (non-hydrogen) atoms. The first-order valence-electron chi connectivity index (χ1n) is 6.57. The van der Waals surface area contributed by atoms with E-state index in [1.807, 2.05) is 18.4 Å². The molecule has 1 aromatic heterocycles. The maximum atomic E-state index is 4.78. The quantitative estimate of drug-likeness (QED) is 0.781. The van der Waals surface area contributed by atoms with E-state index in [0.717, 1.165) is 37.6 Å². The lowest BCUT2D eigenvalue weighted by molar-refractivity contribution is 0.416. The Kier molecular flexibility index (Phi) is 6.60. The van der Waals surface area contributed by atoms with Gasteiger partial charge in [-0.15, -0.1) is 11.3 Å². The van der Waals surface area contributed by atoms with E-state index in [-0.39, 0.29) is 0 Å². The predicted octanol–water partition coefficient (Wildman–Crippen LogP) is 1.81. The van der Waals surface area contributed by atoms with E-state index >= 15 is 0 Å². The highest BCUT2D eigenvalue weighted by Gasteiger charge is 2.12. The van der Waals surface area contributed by atoms with Gasteiger partial charge in [0.05, 0.1) is 5.69 Å². The van der Waals surface area contributed by atoms with Crippen molar-refractivity contribution in [3.63, 3.8) is 0 Å². The molecule has 0 saturated carbocycles. The van der Waals surface area contributed by atoms with Crippen LogP contribution in [-0.4, -0.2) is 51.2 Å². The lowest BCUT2D eigenvalue weighted by Crippen LogP contribution is -2.28. The largest absolute Gasteiger partial charge is 0.350 e. The standard InChI is InChI=1S/C13H26N4S/c1-6-7-11-12(10-14-2)18-13(15-11)17(5)9-8-16(3)4/h14H,6-10H2,1-5H3. The van der Waals surface area contributed by atoms with Crippen LogP contribution < -0.4 is 10.2 Å². The average molecular weight is 270 g/mol. The van der Waals surface area contributed by atoms with Gasteiger partial charge in [0.1, 0.15) is 0 Å². The SMILES string of the molecule is CCCc1nc(N(C)CCN(C)C)sc1CNC. The molecule has 1 aromatic rings. The number of anilines is 1. The van der Waals surface area contributed by atoms with Gasteiger partial charge in [-0.05, 0) is 27.6 Å². The summed E-state index contributed by atoms with van der Waals surface area (Å²) in [6, 6.07) is 0. The van der Waals surface area contributed by atoms with Gasteiger partial charge in [-0.25, -0.2) is 4.98 Å². The molecule has 0 atom stereocenters. The molecule has 0 radical (unpaired) electrons. The van der Waals surface area contributed by atoms with Crippen LogP contribution in [0.5, 0.6) is 0 Å². The van der Waals surface area contributed by atoms with Gasteiger partial charge in [0.2, 0.25) is 0 Å². The fourth-order valence-corrected chi connectivity index (χ4v) is 2.81. The number of hydrogen-bond acceptors (Lipinski definition) is 5. The van der Waals surface area contributed by atoms with Crippen LogP contribution in [0.3, 0.4) is 0 Å². The summed E-state index contributed by atoms with van der Waals surface area (Å²) in [6.45, 7) is 5.21. The predicted molar refractivity (Wildman–Crippen MR) is 80.7 cm³/mol. The summed E-state index contributed by atoms with van der Waals surface area (Å²) in [7, 11) is 8.32.